The van der Waals surface area contributed by atoms with Gasteiger partial charge < -0.3 is 14.6 Å². The van der Waals surface area contributed by atoms with E-state index < -0.39 is 5.97 Å². The van der Waals surface area contributed by atoms with Gasteiger partial charge in [-0.3, -0.25) is 4.79 Å². The number of halogens is 1. The molecule has 0 aliphatic rings. The van der Waals surface area contributed by atoms with Gasteiger partial charge in [0.05, 0.1) is 12.2 Å². The lowest BCUT2D eigenvalue weighted by Crippen LogP contribution is -2.12. The van der Waals surface area contributed by atoms with Gasteiger partial charge in [-0.1, -0.05) is 5.16 Å². The molecule has 28 heavy (non-hydrogen) atoms. The standard InChI is InChI=1S/C20H18FN3O4/c1-2-27-20(26)14-5-9-16(10-6-14)22-17(25)11-12-18-23-19(24-28-18)13-3-7-15(21)8-4-13/h3-10H,2,11-12H2,1H3,(H,22,25). The Hall–Kier alpha value is -3.55. The van der Waals surface area contributed by atoms with Crippen molar-refractivity contribution in [3.05, 3.63) is 65.8 Å². The number of carbonyl (C=O) groups excluding carboxylic acids is 2. The number of hydrogen-bond acceptors (Lipinski definition) is 6. The zero-order valence-corrected chi connectivity index (χ0v) is 15.1. The van der Waals surface area contributed by atoms with E-state index in [1.165, 1.54) is 12.1 Å². The van der Waals surface area contributed by atoms with Crippen LogP contribution in [0.5, 0.6) is 0 Å². The average molecular weight is 383 g/mol. The van der Waals surface area contributed by atoms with Crippen LogP contribution in [0.2, 0.25) is 0 Å². The molecule has 0 bridgehead atoms. The summed E-state index contributed by atoms with van der Waals surface area (Å²) in [4.78, 5) is 27.9. The minimum absolute atomic E-state index is 0.144. The Bertz CT molecular complexity index is 952. The number of nitrogens with zero attached hydrogens (tertiary/aromatic N) is 2. The second kappa shape index (κ2) is 8.90. The van der Waals surface area contributed by atoms with Crippen molar-refractivity contribution in [2.75, 3.05) is 11.9 Å². The first kappa shape index (κ1) is 19.2. The van der Waals surface area contributed by atoms with Crippen LogP contribution in [-0.4, -0.2) is 28.6 Å². The molecular formula is C20H18FN3O4. The quantitative estimate of drug-likeness (QED) is 0.626. The topological polar surface area (TPSA) is 94.3 Å². The largest absolute Gasteiger partial charge is 0.462 e. The van der Waals surface area contributed by atoms with Crippen molar-refractivity contribution in [1.29, 1.82) is 0 Å². The minimum atomic E-state index is -0.409. The van der Waals surface area contributed by atoms with Crippen LogP contribution in [0.25, 0.3) is 11.4 Å². The molecule has 0 aliphatic heterocycles. The van der Waals surface area contributed by atoms with Crippen LogP contribution < -0.4 is 5.32 Å². The number of ether oxygens (including phenoxy) is 1. The Morgan fingerprint density at radius 2 is 1.82 bits per heavy atom. The first-order valence-electron chi connectivity index (χ1n) is 8.70. The number of amides is 1. The molecule has 1 aromatic heterocycles. The molecule has 0 spiro atoms. The van der Waals surface area contributed by atoms with E-state index in [2.05, 4.69) is 15.5 Å². The second-order valence-corrected chi connectivity index (χ2v) is 5.86. The summed E-state index contributed by atoms with van der Waals surface area (Å²) >= 11 is 0. The Labute approximate surface area is 160 Å². The van der Waals surface area contributed by atoms with Crippen LogP contribution in [0.3, 0.4) is 0 Å². The molecule has 3 rings (SSSR count). The molecule has 0 fully saturated rings. The average Bonchev–Trinajstić information content (AvgIpc) is 3.17. The predicted molar refractivity (Wildman–Crippen MR) is 99.0 cm³/mol. The smallest absolute Gasteiger partial charge is 0.338 e. The lowest BCUT2D eigenvalue weighted by molar-refractivity contribution is -0.116. The van der Waals surface area contributed by atoms with E-state index in [0.717, 1.165) is 0 Å². The number of anilines is 1. The van der Waals surface area contributed by atoms with Gasteiger partial charge in [0.25, 0.3) is 0 Å². The van der Waals surface area contributed by atoms with Crippen molar-refractivity contribution in [3.63, 3.8) is 0 Å². The molecule has 0 saturated carbocycles. The van der Waals surface area contributed by atoms with Crippen molar-refractivity contribution >= 4 is 17.6 Å². The van der Waals surface area contributed by atoms with Crippen molar-refractivity contribution < 1.29 is 23.2 Å². The number of rotatable bonds is 7. The van der Waals surface area contributed by atoms with Gasteiger partial charge in [0, 0.05) is 24.1 Å². The van der Waals surface area contributed by atoms with E-state index in [1.807, 2.05) is 0 Å². The maximum atomic E-state index is 13.0. The number of esters is 1. The molecule has 2 aromatic carbocycles. The van der Waals surface area contributed by atoms with E-state index in [-0.39, 0.29) is 24.6 Å². The van der Waals surface area contributed by atoms with Gasteiger partial charge in [0.15, 0.2) is 0 Å². The number of hydrogen-bond donors (Lipinski definition) is 1. The lowest BCUT2D eigenvalue weighted by Gasteiger charge is -2.06. The second-order valence-electron chi connectivity index (χ2n) is 5.86. The van der Waals surface area contributed by atoms with Gasteiger partial charge in [-0.2, -0.15) is 4.98 Å². The number of aryl methyl sites for hydroxylation is 1. The zero-order valence-electron chi connectivity index (χ0n) is 15.1. The highest BCUT2D eigenvalue weighted by Crippen LogP contribution is 2.17. The molecule has 144 valence electrons. The summed E-state index contributed by atoms with van der Waals surface area (Å²) in [5.41, 5.74) is 1.61. The van der Waals surface area contributed by atoms with Crippen molar-refractivity contribution in [2.24, 2.45) is 0 Å². The summed E-state index contributed by atoms with van der Waals surface area (Å²) in [6.07, 6.45) is 0.408. The van der Waals surface area contributed by atoms with Gasteiger partial charge in [0.1, 0.15) is 5.82 Å². The van der Waals surface area contributed by atoms with Crippen LogP contribution >= 0.6 is 0 Å². The van der Waals surface area contributed by atoms with E-state index in [0.29, 0.717) is 35.1 Å². The van der Waals surface area contributed by atoms with Gasteiger partial charge in [-0.15, -0.1) is 0 Å². The summed E-state index contributed by atoms with van der Waals surface area (Å²) < 4.78 is 23.0. The highest BCUT2D eigenvalue weighted by molar-refractivity contribution is 5.93. The Balaban J connectivity index is 1.52. The molecule has 8 heteroatoms. The van der Waals surface area contributed by atoms with E-state index in [9.17, 15) is 14.0 Å². The van der Waals surface area contributed by atoms with Gasteiger partial charge in [-0.05, 0) is 55.5 Å². The maximum absolute atomic E-state index is 13.0. The lowest BCUT2D eigenvalue weighted by atomic mass is 10.2. The number of aromatic nitrogens is 2. The van der Waals surface area contributed by atoms with Gasteiger partial charge in [0.2, 0.25) is 17.6 Å². The summed E-state index contributed by atoms with van der Waals surface area (Å²) in [6, 6.07) is 12.2. The Morgan fingerprint density at radius 3 is 2.50 bits per heavy atom. The monoisotopic (exact) mass is 383 g/mol. The molecule has 1 amide bonds. The molecule has 7 nitrogen and oxygen atoms in total. The molecule has 1 N–H and O–H groups in total. The van der Waals surface area contributed by atoms with Crippen LogP contribution in [0, 0.1) is 5.82 Å². The fourth-order valence-electron chi connectivity index (χ4n) is 2.42. The van der Waals surface area contributed by atoms with E-state index in [4.69, 9.17) is 9.26 Å². The van der Waals surface area contributed by atoms with Crippen LogP contribution in [0.15, 0.2) is 53.1 Å². The fraction of sp³-hybridized carbons (Fsp3) is 0.200. The fourth-order valence-corrected chi connectivity index (χ4v) is 2.42. The molecule has 0 radical (unpaired) electrons. The molecular weight excluding hydrogens is 365 g/mol. The third-order valence-electron chi connectivity index (χ3n) is 3.82. The highest BCUT2D eigenvalue weighted by atomic mass is 19.1. The molecule has 1 heterocycles. The summed E-state index contributed by atoms with van der Waals surface area (Å²) in [6.45, 7) is 2.04. The third-order valence-corrected chi connectivity index (χ3v) is 3.82. The summed E-state index contributed by atoms with van der Waals surface area (Å²) in [5.74, 6) is -0.337. The number of benzene rings is 2. The van der Waals surface area contributed by atoms with Gasteiger partial charge in [-0.25, -0.2) is 9.18 Å². The van der Waals surface area contributed by atoms with Crippen LogP contribution in [0.1, 0.15) is 29.6 Å². The van der Waals surface area contributed by atoms with E-state index in [1.54, 1.807) is 43.3 Å². The van der Waals surface area contributed by atoms with E-state index >= 15 is 0 Å². The molecule has 0 unspecified atom stereocenters. The SMILES string of the molecule is CCOC(=O)c1ccc(NC(=O)CCc2nc(-c3ccc(F)cc3)no2)cc1. The normalized spacial score (nSPS) is 10.5. The first-order valence-corrected chi connectivity index (χ1v) is 8.70. The van der Waals surface area contributed by atoms with Crippen LogP contribution in [-0.2, 0) is 16.0 Å². The van der Waals surface area contributed by atoms with Crippen LogP contribution in [0.4, 0.5) is 10.1 Å². The predicted octanol–water partition coefficient (Wildman–Crippen LogP) is 3.62. The Kier molecular flexibility index (Phi) is 6.11. The minimum Gasteiger partial charge on any atom is -0.462 e. The summed E-state index contributed by atoms with van der Waals surface area (Å²) in [5, 5.41) is 6.57. The van der Waals surface area contributed by atoms with Gasteiger partial charge >= 0.3 is 5.97 Å². The molecule has 0 aliphatic carbocycles. The third kappa shape index (κ3) is 5.00. The summed E-state index contributed by atoms with van der Waals surface area (Å²) in [7, 11) is 0. The molecule has 0 saturated heterocycles. The highest BCUT2D eigenvalue weighted by Gasteiger charge is 2.12. The first-order chi connectivity index (χ1) is 13.5. The molecule has 3 aromatic rings. The van der Waals surface area contributed by atoms with Crippen molar-refractivity contribution in [3.8, 4) is 11.4 Å². The van der Waals surface area contributed by atoms with Crippen molar-refractivity contribution in [1.82, 2.24) is 10.1 Å². The zero-order chi connectivity index (χ0) is 19.9. The number of carbonyl (C=O) groups is 2. The Morgan fingerprint density at radius 1 is 1.11 bits per heavy atom. The van der Waals surface area contributed by atoms with Crippen molar-refractivity contribution in [2.45, 2.75) is 19.8 Å². The number of nitrogens with one attached hydrogen (secondary N) is 1. The molecule has 0 atom stereocenters. The maximum Gasteiger partial charge on any atom is 0.338 e.